The van der Waals surface area contributed by atoms with Crippen molar-refractivity contribution in [1.82, 2.24) is 25.3 Å². The first-order valence-corrected chi connectivity index (χ1v) is 13.8. The Labute approximate surface area is 235 Å². The van der Waals surface area contributed by atoms with Gasteiger partial charge in [-0.1, -0.05) is 13.0 Å². The highest BCUT2D eigenvalue weighted by Crippen LogP contribution is 2.37. The van der Waals surface area contributed by atoms with E-state index in [9.17, 15) is 13.2 Å². The first-order chi connectivity index (χ1) is 18.8. The quantitative estimate of drug-likeness (QED) is 0.244. The summed E-state index contributed by atoms with van der Waals surface area (Å²) in [7, 11) is 0. The fraction of sp³-hybridized carbons (Fsp3) is 0.429. The summed E-state index contributed by atoms with van der Waals surface area (Å²) in [4.78, 5) is 16.9. The van der Waals surface area contributed by atoms with Crippen molar-refractivity contribution in [2.75, 3.05) is 11.9 Å². The van der Waals surface area contributed by atoms with Crippen molar-refractivity contribution < 1.29 is 17.9 Å². The van der Waals surface area contributed by atoms with Crippen LogP contribution >= 0.6 is 11.3 Å². The van der Waals surface area contributed by atoms with E-state index >= 15 is 0 Å². The molecule has 0 aliphatic carbocycles. The van der Waals surface area contributed by atoms with Crippen molar-refractivity contribution in [1.29, 1.82) is 0 Å². The Balaban J connectivity index is 0.00000118. The number of fused-ring (bicyclic) bond motifs is 1. The Hall–Kier alpha value is -3.35. The summed E-state index contributed by atoms with van der Waals surface area (Å²) in [5.41, 5.74) is 6.75. The number of ether oxygens (including phenoxy) is 1. The second-order valence-electron chi connectivity index (χ2n) is 10.9. The van der Waals surface area contributed by atoms with E-state index in [2.05, 4.69) is 58.3 Å². The molecular weight excluding hydrogens is 539 g/mol. The number of anilines is 1. The molecule has 1 fully saturated rings. The summed E-state index contributed by atoms with van der Waals surface area (Å²) in [6.07, 6.45) is -1.83. The van der Waals surface area contributed by atoms with Gasteiger partial charge in [-0.15, -0.1) is 11.3 Å². The highest BCUT2D eigenvalue weighted by Gasteiger charge is 2.39. The number of para-hydroxylation sites is 1. The van der Waals surface area contributed by atoms with Crippen LogP contribution in [0, 0.1) is 0 Å². The van der Waals surface area contributed by atoms with Crippen molar-refractivity contribution >= 4 is 27.4 Å². The lowest BCUT2D eigenvalue weighted by Gasteiger charge is -2.46. The summed E-state index contributed by atoms with van der Waals surface area (Å²) in [5, 5.41) is 6.89. The van der Waals surface area contributed by atoms with Crippen LogP contribution in [0.15, 0.2) is 48.2 Å². The highest BCUT2D eigenvalue weighted by atomic mass is 32.1. The first kappa shape index (κ1) is 29.6. The largest absolute Gasteiger partial charge is 0.437 e. The Kier molecular flexibility index (Phi) is 8.62. The summed E-state index contributed by atoms with van der Waals surface area (Å²) < 4.78 is 47.7. The fourth-order valence-electron chi connectivity index (χ4n) is 5.15. The molecule has 1 saturated heterocycles. The number of hydrogen-bond acceptors (Lipinski definition) is 9. The van der Waals surface area contributed by atoms with Crippen LogP contribution in [0.25, 0.3) is 21.5 Å². The third-order valence-corrected chi connectivity index (χ3v) is 6.97. The van der Waals surface area contributed by atoms with Crippen molar-refractivity contribution in [3.63, 3.8) is 0 Å². The summed E-state index contributed by atoms with van der Waals surface area (Å²) in [6, 6.07) is 9.45. The number of benzene rings is 1. The maximum Gasteiger partial charge on any atom is 0.433 e. The molecule has 0 atom stereocenters. The molecule has 4 aromatic rings. The number of halogens is 3. The zero-order chi connectivity index (χ0) is 29.1. The van der Waals surface area contributed by atoms with Crippen molar-refractivity contribution in [2.24, 2.45) is 5.73 Å². The van der Waals surface area contributed by atoms with Crippen LogP contribution in [-0.2, 0) is 6.18 Å². The van der Waals surface area contributed by atoms with Gasteiger partial charge in [-0.05, 0) is 71.3 Å². The van der Waals surface area contributed by atoms with Gasteiger partial charge in [0.05, 0.1) is 15.9 Å². The normalized spacial score (nSPS) is 16.7. The van der Waals surface area contributed by atoms with Gasteiger partial charge in [-0.2, -0.15) is 13.2 Å². The molecular formula is C28H34F3N7OS. The molecule has 0 saturated carbocycles. The molecule has 0 radical (unpaired) electrons. The van der Waals surface area contributed by atoms with E-state index in [0.717, 1.165) is 17.3 Å². The number of alkyl halides is 3. The number of aromatic nitrogens is 4. The molecule has 0 bridgehead atoms. The molecule has 1 aliphatic heterocycles. The molecule has 3 aromatic heterocycles. The third kappa shape index (κ3) is 7.23. The van der Waals surface area contributed by atoms with Crippen molar-refractivity contribution in [2.45, 2.75) is 70.8 Å². The smallest absolute Gasteiger partial charge is 0.433 e. The number of nitrogens with one attached hydrogen (secondary N) is 2. The molecule has 4 heterocycles. The molecule has 214 valence electrons. The van der Waals surface area contributed by atoms with Crippen LogP contribution in [0.1, 0.15) is 53.2 Å². The summed E-state index contributed by atoms with van der Waals surface area (Å²) >= 11 is 1.50. The highest BCUT2D eigenvalue weighted by molar-refractivity contribution is 7.16. The maximum absolute atomic E-state index is 13.6. The number of piperidine rings is 1. The topological polar surface area (TPSA) is 111 Å². The van der Waals surface area contributed by atoms with E-state index in [1.54, 1.807) is 17.6 Å². The van der Waals surface area contributed by atoms with Gasteiger partial charge in [0.25, 0.3) is 0 Å². The van der Waals surface area contributed by atoms with E-state index < -0.39 is 11.9 Å². The number of thiazole rings is 1. The lowest BCUT2D eigenvalue weighted by molar-refractivity contribution is -0.141. The Morgan fingerprint density at radius 3 is 2.45 bits per heavy atom. The van der Waals surface area contributed by atoms with Crippen LogP contribution in [-0.4, -0.2) is 43.6 Å². The van der Waals surface area contributed by atoms with Crippen LogP contribution in [0.5, 0.6) is 11.6 Å². The minimum absolute atomic E-state index is 0.0965. The molecule has 0 amide bonds. The maximum atomic E-state index is 13.6. The minimum Gasteiger partial charge on any atom is -0.437 e. The Morgan fingerprint density at radius 2 is 1.77 bits per heavy atom. The van der Waals surface area contributed by atoms with Crippen LogP contribution in [0.4, 0.5) is 19.0 Å². The monoisotopic (exact) mass is 573 g/mol. The fourth-order valence-corrected chi connectivity index (χ4v) is 5.84. The lowest BCUT2D eigenvalue weighted by atomic mass is 9.79. The molecule has 1 aromatic carbocycles. The number of hydrogen-bond donors (Lipinski definition) is 3. The zero-order valence-electron chi connectivity index (χ0n) is 23.1. The number of rotatable bonds is 5. The average Bonchev–Trinajstić information content (AvgIpc) is 3.32. The first-order valence-electron chi connectivity index (χ1n) is 13.0. The molecule has 0 unspecified atom stereocenters. The third-order valence-electron chi connectivity index (χ3n) is 6.17. The Morgan fingerprint density at radius 1 is 1.07 bits per heavy atom. The standard InChI is InChI=1S/C26H27F3N6OS.C2H7N/c1-24(2)11-15(12-25(3,4)35-24)33-23-16(8-9-20(34-23)26(27,28)29)17-10-21(31-13-30-17)36-18-6-5-7-19-22(18)32-14-37-19;1-2-3/h5-10,13-15,35H,11-12H2,1-4H3,(H,33,34);2-3H2,1H3. The van der Waals surface area contributed by atoms with Gasteiger partial charge in [-0.25, -0.2) is 19.9 Å². The number of pyridine rings is 1. The van der Waals surface area contributed by atoms with E-state index in [0.29, 0.717) is 35.4 Å². The van der Waals surface area contributed by atoms with Gasteiger partial charge in [0.2, 0.25) is 5.88 Å². The van der Waals surface area contributed by atoms with Gasteiger partial charge in [-0.3, -0.25) is 0 Å². The molecule has 5 rings (SSSR count). The van der Waals surface area contributed by atoms with Gasteiger partial charge < -0.3 is 21.1 Å². The van der Waals surface area contributed by atoms with E-state index in [1.165, 1.54) is 23.7 Å². The average molecular weight is 574 g/mol. The SMILES string of the molecule is CC1(C)CC(Nc2nc(C(F)(F)F)ccc2-c2cc(Oc3cccc4scnc34)ncn2)CC(C)(C)N1.CCN. The predicted octanol–water partition coefficient (Wildman–Crippen LogP) is 6.65. The second-order valence-corrected chi connectivity index (χ2v) is 11.8. The summed E-state index contributed by atoms with van der Waals surface area (Å²) in [6.45, 7) is 11.0. The van der Waals surface area contributed by atoms with Crippen molar-refractivity contribution in [3.8, 4) is 22.9 Å². The molecule has 4 N–H and O–H groups in total. The molecule has 40 heavy (non-hydrogen) atoms. The van der Waals surface area contributed by atoms with E-state index in [1.807, 2.05) is 19.1 Å². The van der Waals surface area contributed by atoms with Gasteiger partial charge in [0.15, 0.2) is 5.75 Å². The second kappa shape index (κ2) is 11.6. The predicted molar refractivity (Wildman–Crippen MR) is 153 cm³/mol. The number of nitrogens with zero attached hydrogens (tertiary/aromatic N) is 4. The Bertz CT molecular complexity index is 1440. The van der Waals surface area contributed by atoms with Gasteiger partial charge in [0, 0.05) is 28.7 Å². The zero-order valence-corrected chi connectivity index (χ0v) is 24.0. The molecule has 1 aliphatic rings. The lowest BCUT2D eigenvalue weighted by Crippen LogP contribution is -2.60. The van der Waals surface area contributed by atoms with Gasteiger partial charge in [0.1, 0.15) is 23.4 Å². The molecule has 12 heteroatoms. The molecule has 8 nitrogen and oxygen atoms in total. The number of nitrogens with two attached hydrogens (primary N) is 1. The van der Waals surface area contributed by atoms with Crippen LogP contribution in [0.3, 0.4) is 0 Å². The van der Waals surface area contributed by atoms with Crippen LogP contribution in [0.2, 0.25) is 0 Å². The molecule has 0 spiro atoms. The van der Waals surface area contributed by atoms with Crippen LogP contribution < -0.4 is 21.1 Å². The van der Waals surface area contributed by atoms with Crippen molar-refractivity contribution in [3.05, 3.63) is 53.9 Å². The summed E-state index contributed by atoms with van der Waals surface area (Å²) in [5.74, 6) is 0.909. The van der Waals surface area contributed by atoms with Gasteiger partial charge >= 0.3 is 6.18 Å². The van der Waals surface area contributed by atoms with E-state index in [-0.39, 0.29) is 28.8 Å². The minimum atomic E-state index is -4.58. The van der Waals surface area contributed by atoms with E-state index in [4.69, 9.17) is 10.5 Å².